The SMILES string of the molecule is N[C@H]1c2cccnc2CC12CCN(c1cnc3c(N4CCN5C(=O)CCc6cccc4c65)n[nH]c3n1)CC2. The van der Waals surface area contributed by atoms with Crippen LogP contribution in [0.25, 0.3) is 11.2 Å². The molecular formula is C28H29N9O. The van der Waals surface area contributed by atoms with Crippen molar-refractivity contribution in [2.75, 3.05) is 40.9 Å². The number of hydrogen-bond donors (Lipinski definition) is 2. The summed E-state index contributed by atoms with van der Waals surface area (Å²) >= 11 is 0. The van der Waals surface area contributed by atoms with E-state index >= 15 is 0 Å². The van der Waals surface area contributed by atoms with Crippen LogP contribution in [0.4, 0.5) is 23.0 Å². The predicted octanol–water partition coefficient (Wildman–Crippen LogP) is 3.02. The van der Waals surface area contributed by atoms with Crippen LogP contribution in [0.5, 0.6) is 0 Å². The van der Waals surface area contributed by atoms with Gasteiger partial charge in [-0.1, -0.05) is 18.2 Å². The van der Waals surface area contributed by atoms with E-state index in [0.29, 0.717) is 25.2 Å². The molecule has 4 aromatic rings. The molecule has 1 aromatic carbocycles. The second-order valence-electron chi connectivity index (χ2n) is 11.0. The number of H-pyrrole nitrogens is 1. The van der Waals surface area contributed by atoms with E-state index in [1.807, 2.05) is 23.4 Å². The van der Waals surface area contributed by atoms with Crippen LogP contribution < -0.4 is 20.4 Å². The zero-order valence-corrected chi connectivity index (χ0v) is 21.1. The Labute approximate surface area is 219 Å². The number of piperidine rings is 1. The number of pyridine rings is 1. The summed E-state index contributed by atoms with van der Waals surface area (Å²) in [6.45, 7) is 3.07. The van der Waals surface area contributed by atoms with Crippen LogP contribution in [0.3, 0.4) is 0 Å². The lowest BCUT2D eigenvalue weighted by Gasteiger charge is -2.42. The molecule has 1 saturated heterocycles. The van der Waals surface area contributed by atoms with Gasteiger partial charge >= 0.3 is 0 Å². The van der Waals surface area contributed by atoms with Gasteiger partial charge < -0.3 is 20.4 Å². The molecule has 8 rings (SSSR count). The van der Waals surface area contributed by atoms with Gasteiger partial charge in [-0.3, -0.25) is 14.9 Å². The number of nitrogens with zero attached hydrogens (tertiary/aromatic N) is 7. The number of aromatic nitrogens is 5. The molecule has 0 radical (unpaired) electrons. The maximum absolute atomic E-state index is 12.6. The molecule has 3 aliphatic heterocycles. The number of para-hydroxylation sites is 1. The Morgan fingerprint density at radius 1 is 1.00 bits per heavy atom. The number of anilines is 4. The first-order chi connectivity index (χ1) is 18.6. The first-order valence-electron chi connectivity index (χ1n) is 13.5. The largest absolute Gasteiger partial charge is 0.355 e. The molecule has 1 atom stereocenters. The highest BCUT2D eigenvalue weighted by molar-refractivity contribution is 6.03. The Kier molecular flexibility index (Phi) is 4.61. The molecular weight excluding hydrogens is 478 g/mol. The number of carbonyl (C=O) groups is 1. The van der Waals surface area contributed by atoms with E-state index in [-0.39, 0.29) is 17.4 Å². The Hall–Kier alpha value is -4.05. The molecule has 1 aliphatic carbocycles. The topological polar surface area (TPSA) is 120 Å². The van der Waals surface area contributed by atoms with Crippen molar-refractivity contribution in [3.8, 4) is 0 Å². The summed E-state index contributed by atoms with van der Waals surface area (Å²) in [5.74, 6) is 1.81. The quantitative estimate of drug-likeness (QED) is 0.425. The average molecular weight is 508 g/mol. The van der Waals surface area contributed by atoms with Gasteiger partial charge in [-0.05, 0) is 54.4 Å². The molecule has 3 aromatic heterocycles. The fourth-order valence-electron chi connectivity index (χ4n) is 7.03. The number of nitrogens with two attached hydrogens (primary N) is 1. The first kappa shape index (κ1) is 22.0. The summed E-state index contributed by atoms with van der Waals surface area (Å²) in [5, 5.41) is 7.77. The number of aryl methyl sites for hydroxylation is 1. The van der Waals surface area contributed by atoms with Gasteiger partial charge in [0.1, 0.15) is 5.82 Å². The Balaban J connectivity index is 1.06. The summed E-state index contributed by atoms with van der Waals surface area (Å²) in [7, 11) is 0. The lowest BCUT2D eigenvalue weighted by atomic mass is 9.73. The fourth-order valence-corrected chi connectivity index (χ4v) is 7.03. The van der Waals surface area contributed by atoms with Crippen molar-refractivity contribution in [3.63, 3.8) is 0 Å². The number of rotatable bonds is 2. The molecule has 10 heteroatoms. The van der Waals surface area contributed by atoms with Crippen molar-refractivity contribution in [2.24, 2.45) is 11.1 Å². The molecule has 38 heavy (non-hydrogen) atoms. The van der Waals surface area contributed by atoms with E-state index in [4.69, 9.17) is 15.7 Å². The van der Waals surface area contributed by atoms with Crippen LogP contribution >= 0.6 is 0 Å². The van der Waals surface area contributed by atoms with E-state index < -0.39 is 0 Å². The molecule has 4 aliphatic rings. The zero-order valence-electron chi connectivity index (χ0n) is 21.1. The summed E-state index contributed by atoms with van der Waals surface area (Å²) in [6.07, 6.45) is 8.04. The molecule has 0 unspecified atom stereocenters. The zero-order chi connectivity index (χ0) is 25.4. The minimum atomic E-state index is 0.0385. The summed E-state index contributed by atoms with van der Waals surface area (Å²) in [4.78, 5) is 33.3. The standard InChI is InChI=1S/C28H29N9O/c29-25-18-4-2-10-30-19(18)15-28(25)8-11-35(12-9-28)21-16-31-23-26(32-21)33-34-27(23)36-13-14-37-22(38)7-6-17-3-1-5-20(36)24(17)37/h1-5,10,16,25H,6-9,11-15,29H2,(H,32,33,34)/t25-/m0/s1. The monoisotopic (exact) mass is 507 g/mol. The molecule has 192 valence electrons. The molecule has 1 amide bonds. The minimum absolute atomic E-state index is 0.0385. The third-order valence-corrected chi connectivity index (χ3v) is 9.13. The third kappa shape index (κ3) is 3.06. The minimum Gasteiger partial charge on any atom is -0.355 e. The molecule has 3 N–H and O–H groups in total. The van der Waals surface area contributed by atoms with Crippen molar-refractivity contribution in [3.05, 3.63) is 59.5 Å². The third-order valence-electron chi connectivity index (χ3n) is 9.13. The van der Waals surface area contributed by atoms with E-state index in [1.165, 1.54) is 11.1 Å². The van der Waals surface area contributed by atoms with E-state index in [2.05, 4.69) is 49.2 Å². The van der Waals surface area contributed by atoms with Crippen molar-refractivity contribution in [2.45, 2.75) is 38.1 Å². The van der Waals surface area contributed by atoms with Gasteiger partial charge in [-0.2, -0.15) is 5.10 Å². The average Bonchev–Trinajstić information content (AvgIpc) is 3.49. The molecule has 0 bridgehead atoms. The van der Waals surface area contributed by atoms with Gasteiger partial charge in [0.05, 0.1) is 17.6 Å². The first-order valence-corrected chi connectivity index (χ1v) is 13.5. The number of nitrogens with one attached hydrogen (secondary N) is 1. The van der Waals surface area contributed by atoms with Crippen LogP contribution in [0, 0.1) is 5.41 Å². The number of carbonyl (C=O) groups excluding carboxylic acids is 1. The van der Waals surface area contributed by atoms with Crippen LogP contribution in [0.15, 0.2) is 42.7 Å². The van der Waals surface area contributed by atoms with Crippen LogP contribution in [0.1, 0.15) is 42.1 Å². The Morgan fingerprint density at radius 3 is 2.74 bits per heavy atom. The van der Waals surface area contributed by atoms with Gasteiger partial charge in [-0.15, -0.1) is 0 Å². The number of hydrogen-bond acceptors (Lipinski definition) is 8. The van der Waals surface area contributed by atoms with Gasteiger partial charge in [0, 0.05) is 50.5 Å². The maximum Gasteiger partial charge on any atom is 0.227 e. The second kappa shape index (κ2) is 7.97. The van der Waals surface area contributed by atoms with Gasteiger partial charge in [0.15, 0.2) is 17.0 Å². The Morgan fingerprint density at radius 2 is 1.87 bits per heavy atom. The molecule has 1 spiro atoms. The highest BCUT2D eigenvalue weighted by Gasteiger charge is 2.46. The van der Waals surface area contributed by atoms with Crippen LogP contribution in [-0.4, -0.2) is 57.2 Å². The highest BCUT2D eigenvalue weighted by Crippen LogP contribution is 2.50. The molecule has 0 saturated carbocycles. The summed E-state index contributed by atoms with van der Waals surface area (Å²) in [6, 6.07) is 10.4. The van der Waals surface area contributed by atoms with Crippen LogP contribution in [0.2, 0.25) is 0 Å². The summed E-state index contributed by atoms with van der Waals surface area (Å²) in [5.41, 5.74) is 13.8. The molecule has 1 fully saturated rings. The highest BCUT2D eigenvalue weighted by atomic mass is 16.2. The van der Waals surface area contributed by atoms with Gasteiger partial charge in [0.25, 0.3) is 0 Å². The van der Waals surface area contributed by atoms with E-state index in [9.17, 15) is 4.79 Å². The smallest absolute Gasteiger partial charge is 0.227 e. The van der Waals surface area contributed by atoms with Crippen molar-refractivity contribution in [1.29, 1.82) is 0 Å². The van der Waals surface area contributed by atoms with Crippen molar-refractivity contribution < 1.29 is 4.79 Å². The number of fused-ring (bicyclic) bond motifs is 2. The molecule has 6 heterocycles. The normalized spacial score (nSPS) is 21.8. The van der Waals surface area contributed by atoms with Gasteiger partial charge in [-0.25, -0.2) is 9.97 Å². The lowest BCUT2D eigenvalue weighted by Crippen LogP contribution is -2.45. The maximum atomic E-state index is 12.6. The van der Waals surface area contributed by atoms with Crippen molar-refractivity contribution >= 4 is 40.1 Å². The lowest BCUT2D eigenvalue weighted by molar-refractivity contribution is -0.118. The van der Waals surface area contributed by atoms with E-state index in [0.717, 1.165) is 73.0 Å². The summed E-state index contributed by atoms with van der Waals surface area (Å²) < 4.78 is 0. The Bertz CT molecular complexity index is 1590. The molecule has 10 nitrogen and oxygen atoms in total. The fraction of sp³-hybridized carbons (Fsp3) is 0.393. The van der Waals surface area contributed by atoms with E-state index in [1.54, 1.807) is 0 Å². The second-order valence-corrected chi connectivity index (χ2v) is 11.0. The number of aromatic amines is 1. The van der Waals surface area contributed by atoms with Crippen molar-refractivity contribution in [1.82, 2.24) is 25.1 Å². The predicted molar refractivity (Wildman–Crippen MR) is 145 cm³/mol. The van der Waals surface area contributed by atoms with Gasteiger partial charge in [0.2, 0.25) is 5.91 Å². The number of amides is 1. The number of benzene rings is 1. The van der Waals surface area contributed by atoms with Crippen LogP contribution in [-0.2, 0) is 17.6 Å².